The molecule has 0 spiro atoms. The number of aromatic amines is 1. The Labute approximate surface area is 671 Å². The molecule has 3 aliphatic rings. The van der Waals surface area contributed by atoms with Crippen molar-refractivity contribution in [3.8, 4) is 0 Å². The molecule has 22 N–H and O–H groups in total. The van der Waals surface area contributed by atoms with Gasteiger partial charge in [0.2, 0.25) is 76.8 Å². The number of amides is 13. The van der Waals surface area contributed by atoms with Crippen LogP contribution in [-0.2, 0) is 89.6 Å². The summed E-state index contributed by atoms with van der Waals surface area (Å²) >= 11 is 2.71. The number of nitrogens with two attached hydrogens (primary N) is 4. The van der Waals surface area contributed by atoms with Crippen molar-refractivity contribution in [3.05, 3.63) is 54.1 Å². The van der Waals surface area contributed by atoms with E-state index in [0.717, 1.165) is 0 Å². The van der Waals surface area contributed by atoms with Gasteiger partial charge in [-0.15, -0.1) is 0 Å². The molecular formula is C74H117N19O19S2. The second kappa shape index (κ2) is 50.0. The van der Waals surface area contributed by atoms with Crippen molar-refractivity contribution in [2.45, 2.75) is 246 Å². The predicted molar refractivity (Wildman–Crippen MR) is 421 cm³/mol. The molecule has 0 bridgehead atoms. The van der Waals surface area contributed by atoms with Crippen LogP contribution in [0.15, 0.2) is 42.9 Å². The third kappa shape index (κ3) is 31.0. The zero-order valence-electron chi connectivity index (χ0n) is 65.3. The van der Waals surface area contributed by atoms with Crippen LogP contribution in [0, 0.1) is 0 Å². The molecular weight excluding hydrogens is 1520 g/mol. The lowest BCUT2D eigenvalue weighted by molar-refractivity contribution is -0.146. The van der Waals surface area contributed by atoms with Gasteiger partial charge in [-0.05, 0) is 185 Å². The number of thioether (sulfide) groups is 2. The fourth-order valence-electron chi connectivity index (χ4n) is 13.6. The molecule has 3 saturated heterocycles. The number of likely N-dealkylation sites (tertiary alicyclic amines) is 3. The summed E-state index contributed by atoms with van der Waals surface area (Å²) in [5.74, 6) is -13.2. The Kier molecular flexibility index (Phi) is 41.7. The van der Waals surface area contributed by atoms with Crippen molar-refractivity contribution in [2.75, 3.05) is 63.3 Å². The molecule has 0 saturated carbocycles. The molecule has 4 heterocycles. The predicted octanol–water partition coefficient (Wildman–Crippen LogP) is -2.91. The fraction of sp³-hybridized carbons (Fsp3) is 0.662. The first-order chi connectivity index (χ1) is 54.5. The van der Waals surface area contributed by atoms with Crippen molar-refractivity contribution < 1.29 is 92.0 Å². The highest BCUT2D eigenvalue weighted by molar-refractivity contribution is 7.98. The number of nitrogens with zero attached hydrogens (tertiary/aromatic N) is 4. The summed E-state index contributed by atoms with van der Waals surface area (Å²) in [7, 11) is 0. The molecule has 0 unspecified atom stereocenters. The smallest absolute Gasteiger partial charge is 0.326 e. The maximum atomic E-state index is 14.9. The average Bonchev–Trinajstić information content (AvgIpc) is 1.63. The Bertz CT molecular complexity index is 3550. The normalized spacial score (nSPS) is 18.1. The van der Waals surface area contributed by atoms with E-state index in [2.05, 4.69) is 63.1 Å². The van der Waals surface area contributed by atoms with Crippen LogP contribution < -0.4 is 76.1 Å². The third-order valence-electron chi connectivity index (χ3n) is 20.0. The number of carboxylic acids is 3. The minimum atomic E-state index is -1.66. The summed E-state index contributed by atoms with van der Waals surface area (Å²) < 4.78 is 0. The number of H-pyrrole nitrogens is 1. The molecule has 40 heteroatoms. The molecule has 634 valence electrons. The summed E-state index contributed by atoms with van der Waals surface area (Å²) in [5, 5.41) is 55.4. The van der Waals surface area contributed by atoms with E-state index in [-0.39, 0.29) is 116 Å². The van der Waals surface area contributed by atoms with Gasteiger partial charge in [0.1, 0.15) is 78.5 Å². The number of carbonyl (C=O) groups is 16. The van der Waals surface area contributed by atoms with E-state index in [4.69, 9.17) is 28.0 Å². The molecule has 14 atom stereocenters. The van der Waals surface area contributed by atoms with E-state index in [0.29, 0.717) is 80.7 Å². The van der Waals surface area contributed by atoms with Crippen LogP contribution >= 0.6 is 23.5 Å². The third-order valence-corrected chi connectivity index (χ3v) is 21.3. The van der Waals surface area contributed by atoms with Crippen molar-refractivity contribution in [1.82, 2.24) is 77.8 Å². The zero-order valence-corrected chi connectivity index (χ0v) is 67.0. The number of imidazole rings is 1. The quantitative estimate of drug-likeness (QED) is 0.0295. The first kappa shape index (κ1) is 95.1. The number of hydrogen-bond acceptors (Lipinski definition) is 23. The van der Waals surface area contributed by atoms with Gasteiger partial charge in [0.15, 0.2) is 0 Å². The molecule has 38 nitrogen and oxygen atoms in total. The highest BCUT2D eigenvalue weighted by Gasteiger charge is 2.45. The number of benzene rings is 1. The Morgan fingerprint density at radius 2 is 0.842 bits per heavy atom. The Balaban J connectivity index is 1.33. The number of hydrogen-bond donors (Lipinski definition) is 18. The molecule has 2 aromatic rings. The molecule has 13 amide bonds. The molecule has 1 aromatic heterocycles. The highest BCUT2D eigenvalue weighted by atomic mass is 32.2. The summed E-state index contributed by atoms with van der Waals surface area (Å²) in [4.78, 5) is 232. The van der Waals surface area contributed by atoms with Crippen LogP contribution in [0.2, 0.25) is 0 Å². The minimum Gasteiger partial charge on any atom is -0.481 e. The van der Waals surface area contributed by atoms with Gasteiger partial charge in [-0.1, -0.05) is 30.3 Å². The summed E-state index contributed by atoms with van der Waals surface area (Å²) in [5.41, 5.74) is 24.2. The molecule has 1 aromatic carbocycles. The molecule has 5 rings (SSSR count). The Morgan fingerprint density at radius 1 is 0.447 bits per heavy atom. The largest absolute Gasteiger partial charge is 0.481 e. The second-order valence-electron chi connectivity index (χ2n) is 28.7. The topological polar surface area (TPSA) is 597 Å². The monoisotopic (exact) mass is 1640 g/mol. The van der Waals surface area contributed by atoms with E-state index >= 15 is 0 Å². The molecule has 0 aliphatic carbocycles. The van der Waals surface area contributed by atoms with E-state index in [1.807, 2.05) is 0 Å². The van der Waals surface area contributed by atoms with Gasteiger partial charge in [-0.3, -0.25) is 71.9 Å². The van der Waals surface area contributed by atoms with Gasteiger partial charge in [0.25, 0.3) is 0 Å². The van der Waals surface area contributed by atoms with Crippen molar-refractivity contribution in [2.24, 2.45) is 22.9 Å². The van der Waals surface area contributed by atoms with Gasteiger partial charge in [0.05, 0.1) is 12.4 Å². The van der Waals surface area contributed by atoms with Crippen LogP contribution in [0.1, 0.15) is 160 Å². The van der Waals surface area contributed by atoms with E-state index in [1.54, 1.807) is 42.8 Å². The van der Waals surface area contributed by atoms with Gasteiger partial charge in [-0.25, -0.2) is 9.78 Å². The first-order valence-electron chi connectivity index (χ1n) is 38.9. The van der Waals surface area contributed by atoms with Crippen molar-refractivity contribution in [1.29, 1.82) is 0 Å². The van der Waals surface area contributed by atoms with Gasteiger partial charge in [-0.2, -0.15) is 23.5 Å². The molecule has 0 radical (unpaired) electrons. The lowest BCUT2D eigenvalue weighted by Gasteiger charge is -2.32. The summed E-state index contributed by atoms with van der Waals surface area (Å²) in [6.45, 7) is 3.70. The lowest BCUT2D eigenvalue weighted by Crippen LogP contribution is -2.61. The molecule has 114 heavy (non-hydrogen) atoms. The highest BCUT2D eigenvalue weighted by Crippen LogP contribution is 2.25. The maximum absolute atomic E-state index is 14.9. The van der Waals surface area contributed by atoms with Gasteiger partial charge >= 0.3 is 17.9 Å². The van der Waals surface area contributed by atoms with Crippen molar-refractivity contribution >= 4 is 118 Å². The number of aromatic nitrogens is 2. The number of carbonyl (C=O) groups excluding carboxylic acids is 13. The summed E-state index contributed by atoms with van der Waals surface area (Å²) in [6.07, 6.45) is 8.17. The maximum Gasteiger partial charge on any atom is 0.326 e. The fourth-order valence-corrected chi connectivity index (χ4v) is 14.5. The van der Waals surface area contributed by atoms with Crippen LogP contribution in [0.25, 0.3) is 0 Å². The second-order valence-corrected chi connectivity index (χ2v) is 30.7. The zero-order chi connectivity index (χ0) is 84.0. The SMILES string of the molecule is CSCC[C@H](NC(=O)[C@H](C)NC(=O)[C@@H](N)CCC(=O)O)C(=O)N[C@@H](C)C(=O)N1CCC[C@H]1C(=O)N[C@@H](CCCCN)C(=O)N[C@@H](Cc1cnc[nH]1)C(=O)N[C@@H](CCCCN)C(=O)N[C@@H](CCC(=O)O)C(=O)N[C@@H](CCSC)C(=O)N1CCC[C@H]1C(=O)N[C@@H](Cc1ccccc1)C(=O)N1CCC[C@H]1C(=O)N[C@@H](CCCCN)C(=O)O. The number of carboxylic acid groups (broad SMARTS) is 3. The van der Waals surface area contributed by atoms with E-state index in [9.17, 15) is 86.9 Å². The number of nitrogens with one attached hydrogen (secondary N) is 11. The molecule has 3 aliphatic heterocycles. The lowest BCUT2D eigenvalue weighted by atomic mass is 10.0. The van der Waals surface area contributed by atoms with Crippen molar-refractivity contribution in [3.63, 3.8) is 0 Å². The van der Waals surface area contributed by atoms with Crippen LogP contribution in [0.4, 0.5) is 0 Å². The van der Waals surface area contributed by atoms with Gasteiger partial charge in [0, 0.05) is 57.2 Å². The first-order valence-corrected chi connectivity index (χ1v) is 41.7. The summed E-state index contributed by atoms with van der Waals surface area (Å²) in [6, 6.07) is -9.34. The van der Waals surface area contributed by atoms with Crippen LogP contribution in [0.5, 0.6) is 0 Å². The minimum absolute atomic E-state index is 0.00660. The van der Waals surface area contributed by atoms with Crippen LogP contribution in [-0.4, -0.2) is 283 Å². The Hall–Kier alpha value is -9.51. The van der Waals surface area contributed by atoms with E-state index < -0.39 is 192 Å². The molecule has 3 fully saturated rings. The van der Waals surface area contributed by atoms with E-state index in [1.165, 1.54) is 64.6 Å². The number of rotatable bonds is 52. The van der Waals surface area contributed by atoms with Crippen LogP contribution in [0.3, 0.4) is 0 Å². The number of unbranched alkanes of at least 4 members (excludes halogenated alkanes) is 3. The Morgan fingerprint density at radius 3 is 1.32 bits per heavy atom. The number of aliphatic carboxylic acids is 3. The average molecular weight is 1640 g/mol. The standard InChI is InChI=1S/C74H117N19O19S2/c1-43(81-62(99)47(78)25-27-59(94)95)61(98)83-51(29-37-113-3)63(100)82-44(2)71(108)91-34-14-22-56(91)68(105)86-49(20-9-12-32-76)65(102)89-54(40-46-41-79-42-80-46)67(104)84-48(19-8-11-31-75)64(101)85-50(26-28-60(96)97)66(103)87-52(30-38-114-4)72(109)92-35-15-24-58(92)70(107)90-55(39-45-17-6-5-7-18-45)73(110)93-36-16-23-57(93)69(106)88-53(74(111)112)21-10-13-33-77/h5-7,17-18,41-44,47-58H,8-16,19-40,75-78H2,1-4H3,(H,79,80)(H,81,99)(H,82,100)(H,83,98)(H,84,104)(H,85,101)(H,86,105)(H,87,103)(H,88,106)(H,89,102)(H,90,107)(H,94,95)(H,96,97)(H,111,112)/t43-,44-,47-,48-,49-,50-,51-,52-,53-,54-,55-,56-,57-,58-/m0/s1. The van der Waals surface area contributed by atoms with Gasteiger partial charge < -0.3 is 111 Å².